The zero-order chi connectivity index (χ0) is 18.0. The number of ether oxygens (including phenoxy) is 1. The van der Waals surface area contributed by atoms with Crippen LogP contribution in [0.25, 0.3) is 0 Å². The van der Waals surface area contributed by atoms with Gasteiger partial charge in [-0.1, -0.05) is 0 Å². The first-order valence-corrected chi connectivity index (χ1v) is 6.76. The molecule has 1 aromatic rings. The fraction of sp³-hybridized carbons (Fsp3) is 0.357. The molecule has 1 aromatic heterocycles. The largest absolute Gasteiger partial charge is 0.478 e. The highest BCUT2D eigenvalue weighted by atomic mass is 19.4. The van der Waals surface area contributed by atoms with E-state index in [1.54, 1.807) is 0 Å². The summed E-state index contributed by atoms with van der Waals surface area (Å²) >= 11 is 0. The SMILES string of the molecule is N=C(/C=C\Nc1ccc(C(=O)O)c(F)n1)OCC1(C(F)(F)F)CC1. The molecule has 1 saturated carbocycles. The molecule has 0 aromatic carbocycles. The fourth-order valence-electron chi connectivity index (χ4n) is 1.80. The molecule has 0 unspecified atom stereocenters. The molecule has 0 spiro atoms. The van der Waals surface area contributed by atoms with Crippen LogP contribution in [0.15, 0.2) is 24.4 Å². The first-order valence-electron chi connectivity index (χ1n) is 6.76. The number of rotatable bonds is 6. The van der Waals surface area contributed by atoms with E-state index in [9.17, 15) is 22.4 Å². The molecule has 130 valence electrons. The van der Waals surface area contributed by atoms with Crippen molar-refractivity contribution >= 4 is 17.7 Å². The summed E-state index contributed by atoms with van der Waals surface area (Å²) in [6, 6.07) is 2.20. The van der Waals surface area contributed by atoms with Crippen LogP contribution in [0.4, 0.5) is 23.4 Å². The van der Waals surface area contributed by atoms with Crippen molar-refractivity contribution in [3.05, 3.63) is 35.9 Å². The van der Waals surface area contributed by atoms with Crippen molar-refractivity contribution in [2.75, 3.05) is 11.9 Å². The van der Waals surface area contributed by atoms with E-state index in [0.717, 1.165) is 18.3 Å². The number of carboxylic acid groups (broad SMARTS) is 1. The number of halogens is 4. The molecular weight excluding hydrogens is 334 g/mol. The molecule has 6 nitrogen and oxygen atoms in total. The molecule has 1 heterocycles. The van der Waals surface area contributed by atoms with E-state index in [2.05, 4.69) is 10.3 Å². The van der Waals surface area contributed by atoms with E-state index >= 15 is 0 Å². The van der Waals surface area contributed by atoms with Crippen LogP contribution >= 0.6 is 0 Å². The Morgan fingerprint density at radius 1 is 1.46 bits per heavy atom. The quantitative estimate of drug-likeness (QED) is 0.318. The van der Waals surface area contributed by atoms with Crippen LogP contribution in [0.1, 0.15) is 23.2 Å². The maximum absolute atomic E-state index is 13.3. The van der Waals surface area contributed by atoms with Crippen molar-refractivity contribution < 1.29 is 32.2 Å². The summed E-state index contributed by atoms with van der Waals surface area (Å²) in [5.41, 5.74) is -2.46. The van der Waals surface area contributed by atoms with Crippen molar-refractivity contribution in [2.45, 2.75) is 19.0 Å². The molecule has 0 saturated heterocycles. The van der Waals surface area contributed by atoms with Crippen molar-refractivity contribution in [3.8, 4) is 0 Å². The van der Waals surface area contributed by atoms with Gasteiger partial charge in [0.15, 0.2) is 0 Å². The van der Waals surface area contributed by atoms with Crippen molar-refractivity contribution in [2.24, 2.45) is 5.41 Å². The van der Waals surface area contributed by atoms with Gasteiger partial charge in [-0.3, -0.25) is 5.41 Å². The Morgan fingerprint density at radius 2 is 2.12 bits per heavy atom. The third-order valence-electron chi connectivity index (χ3n) is 3.50. The number of nitrogens with one attached hydrogen (secondary N) is 2. The number of hydrogen-bond donors (Lipinski definition) is 3. The molecule has 0 amide bonds. The lowest BCUT2D eigenvalue weighted by Gasteiger charge is -2.18. The highest BCUT2D eigenvalue weighted by Crippen LogP contribution is 2.57. The van der Waals surface area contributed by atoms with Crippen molar-refractivity contribution in [3.63, 3.8) is 0 Å². The van der Waals surface area contributed by atoms with E-state index in [1.165, 1.54) is 6.07 Å². The van der Waals surface area contributed by atoms with Crippen LogP contribution in [-0.4, -0.2) is 34.7 Å². The zero-order valence-electron chi connectivity index (χ0n) is 12.2. The molecule has 0 radical (unpaired) electrons. The van der Waals surface area contributed by atoms with Crippen molar-refractivity contribution in [1.29, 1.82) is 5.41 Å². The minimum Gasteiger partial charge on any atom is -0.478 e. The zero-order valence-corrected chi connectivity index (χ0v) is 12.2. The Bertz CT molecular complexity index is 684. The Hall–Kier alpha value is -2.65. The molecule has 24 heavy (non-hydrogen) atoms. The van der Waals surface area contributed by atoms with Gasteiger partial charge in [-0.2, -0.15) is 17.6 Å². The Labute approximate surface area is 133 Å². The normalized spacial score (nSPS) is 16.0. The van der Waals surface area contributed by atoms with Crippen LogP contribution in [-0.2, 0) is 4.74 Å². The van der Waals surface area contributed by atoms with Gasteiger partial charge in [-0.15, -0.1) is 0 Å². The number of pyridine rings is 1. The Kier molecular flexibility index (Phi) is 4.76. The lowest BCUT2D eigenvalue weighted by atomic mass is 10.1. The molecule has 0 bridgehead atoms. The number of hydrogen-bond acceptors (Lipinski definition) is 5. The first-order chi connectivity index (χ1) is 11.1. The van der Waals surface area contributed by atoms with Gasteiger partial charge in [0.1, 0.15) is 23.4 Å². The summed E-state index contributed by atoms with van der Waals surface area (Å²) in [5, 5.41) is 18.5. The van der Waals surface area contributed by atoms with Gasteiger partial charge >= 0.3 is 12.1 Å². The maximum Gasteiger partial charge on any atom is 0.397 e. The van der Waals surface area contributed by atoms with Crippen LogP contribution in [0, 0.1) is 16.8 Å². The highest BCUT2D eigenvalue weighted by Gasteiger charge is 2.63. The number of carboxylic acids is 1. The fourth-order valence-corrected chi connectivity index (χ4v) is 1.80. The molecule has 2 rings (SSSR count). The second-order valence-corrected chi connectivity index (χ2v) is 5.25. The predicted molar refractivity (Wildman–Crippen MR) is 75.3 cm³/mol. The summed E-state index contributed by atoms with van der Waals surface area (Å²) in [5.74, 6) is -3.18. The van der Waals surface area contributed by atoms with Gasteiger partial charge in [0, 0.05) is 12.3 Å². The smallest absolute Gasteiger partial charge is 0.397 e. The summed E-state index contributed by atoms with van der Waals surface area (Å²) < 4.78 is 56.1. The number of carbonyl (C=O) groups is 1. The summed E-state index contributed by atoms with van der Waals surface area (Å²) in [4.78, 5) is 14.0. The molecule has 3 N–H and O–H groups in total. The summed E-state index contributed by atoms with van der Waals surface area (Å²) in [7, 11) is 0. The summed E-state index contributed by atoms with van der Waals surface area (Å²) in [6.07, 6.45) is -2.24. The average molecular weight is 347 g/mol. The third kappa shape index (κ3) is 4.00. The Balaban J connectivity index is 1.85. The minimum absolute atomic E-state index is 0.0229. The molecule has 0 atom stereocenters. The molecule has 1 fully saturated rings. The molecule has 10 heteroatoms. The number of anilines is 1. The van der Waals surface area contributed by atoms with E-state index in [-0.39, 0.29) is 18.7 Å². The van der Waals surface area contributed by atoms with Gasteiger partial charge in [0.2, 0.25) is 11.8 Å². The second-order valence-electron chi connectivity index (χ2n) is 5.25. The minimum atomic E-state index is -4.36. The van der Waals surface area contributed by atoms with E-state index in [0.29, 0.717) is 0 Å². The summed E-state index contributed by atoms with van der Waals surface area (Å²) in [6.45, 7) is -0.625. The van der Waals surface area contributed by atoms with E-state index < -0.39 is 41.6 Å². The topological polar surface area (TPSA) is 95.3 Å². The van der Waals surface area contributed by atoms with Gasteiger partial charge in [0.05, 0.1) is 0 Å². The number of aromatic nitrogens is 1. The molecule has 1 aliphatic carbocycles. The molecule has 0 aliphatic heterocycles. The Morgan fingerprint density at radius 3 is 2.62 bits per heavy atom. The van der Waals surface area contributed by atoms with E-state index in [1.807, 2.05) is 0 Å². The van der Waals surface area contributed by atoms with Crippen LogP contribution in [0.2, 0.25) is 0 Å². The van der Waals surface area contributed by atoms with E-state index in [4.69, 9.17) is 15.3 Å². The predicted octanol–water partition coefficient (Wildman–Crippen LogP) is 3.18. The second kappa shape index (κ2) is 6.46. The first kappa shape index (κ1) is 17.7. The van der Waals surface area contributed by atoms with Crippen LogP contribution < -0.4 is 5.32 Å². The maximum atomic E-state index is 13.3. The van der Waals surface area contributed by atoms with Gasteiger partial charge < -0.3 is 15.2 Å². The number of alkyl halides is 3. The third-order valence-corrected chi connectivity index (χ3v) is 3.50. The van der Waals surface area contributed by atoms with Gasteiger partial charge in [-0.25, -0.2) is 9.78 Å². The van der Waals surface area contributed by atoms with Crippen LogP contribution in [0.5, 0.6) is 0 Å². The molecular formula is C14H13F4N3O3. The van der Waals surface area contributed by atoms with Gasteiger partial charge in [0.25, 0.3) is 0 Å². The highest BCUT2D eigenvalue weighted by molar-refractivity contribution is 5.87. The lowest BCUT2D eigenvalue weighted by molar-refractivity contribution is -0.195. The van der Waals surface area contributed by atoms with Crippen LogP contribution in [0.3, 0.4) is 0 Å². The lowest BCUT2D eigenvalue weighted by Crippen LogP contribution is -2.30. The number of nitrogens with zero attached hydrogens (tertiary/aromatic N) is 1. The monoisotopic (exact) mass is 347 g/mol. The molecule has 1 aliphatic rings. The van der Waals surface area contributed by atoms with Gasteiger partial charge in [-0.05, 0) is 25.0 Å². The van der Waals surface area contributed by atoms with Crippen molar-refractivity contribution in [1.82, 2.24) is 4.98 Å². The average Bonchev–Trinajstić information content (AvgIpc) is 3.25. The number of aromatic carboxylic acids is 1. The standard InChI is InChI=1S/C14H13F4N3O3/c15-11-8(12(22)23)1-2-10(21-11)20-6-3-9(19)24-7-13(4-5-13)14(16,17)18/h1-3,6,19H,4-5,7H2,(H,20,21)(H,22,23)/b6-3-,19-9?.